The number of thiazole rings is 1. The SMILES string of the molecule is COc1cc(C(=O)O)cc(Cl)c1OCc1cscn1. The lowest BCUT2D eigenvalue weighted by molar-refractivity contribution is 0.0696. The van der Waals surface area contributed by atoms with E-state index in [1.807, 2.05) is 5.38 Å². The molecule has 0 amide bonds. The Bertz CT molecular complexity index is 586. The van der Waals surface area contributed by atoms with Gasteiger partial charge in [0.25, 0.3) is 0 Å². The first-order valence-corrected chi connectivity index (χ1v) is 6.54. The van der Waals surface area contributed by atoms with Crippen LogP contribution in [-0.2, 0) is 6.61 Å². The van der Waals surface area contributed by atoms with Gasteiger partial charge in [-0.2, -0.15) is 0 Å². The van der Waals surface area contributed by atoms with E-state index < -0.39 is 5.97 Å². The number of halogens is 1. The first kappa shape index (κ1) is 13.6. The van der Waals surface area contributed by atoms with E-state index in [1.54, 1.807) is 5.51 Å². The second-order valence-electron chi connectivity index (χ2n) is 3.56. The van der Waals surface area contributed by atoms with Gasteiger partial charge in [-0.1, -0.05) is 11.6 Å². The minimum absolute atomic E-state index is 0.0443. The van der Waals surface area contributed by atoms with Crippen LogP contribution < -0.4 is 9.47 Å². The maximum absolute atomic E-state index is 10.9. The normalized spacial score (nSPS) is 10.2. The predicted octanol–water partition coefficient (Wildman–Crippen LogP) is 3.08. The number of ether oxygens (including phenoxy) is 2. The van der Waals surface area contributed by atoms with Crippen molar-refractivity contribution in [3.05, 3.63) is 39.3 Å². The van der Waals surface area contributed by atoms with Crippen LogP contribution in [0.15, 0.2) is 23.0 Å². The van der Waals surface area contributed by atoms with Crippen LogP contribution in [0.25, 0.3) is 0 Å². The largest absolute Gasteiger partial charge is 0.493 e. The number of nitrogens with zero attached hydrogens (tertiary/aromatic N) is 1. The van der Waals surface area contributed by atoms with Gasteiger partial charge < -0.3 is 14.6 Å². The van der Waals surface area contributed by atoms with Gasteiger partial charge in [-0.15, -0.1) is 11.3 Å². The summed E-state index contributed by atoms with van der Waals surface area (Å²) in [6.07, 6.45) is 0. The quantitative estimate of drug-likeness (QED) is 0.919. The molecule has 19 heavy (non-hydrogen) atoms. The molecule has 0 saturated carbocycles. The Balaban J connectivity index is 2.26. The van der Waals surface area contributed by atoms with Gasteiger partial charge in [0.2, 0.25) is 0 Å². The van der Waals surface area contributed by atoms with Gasteiger partial charge in [0, 0.05) is 5.38 Å². The Kier molecular flexibility index (Phi) is 4.24. The summed E-state index contributed by atoms with van der Waals surface area (Å²) in [5.74, 6) is -0.492. The number of hydrogen-bond acceptors (Lipinski definition) is 5. The van der Waals surface area contributed by atoms with Gasteiger partial charge >= 0.3 is 5.97 Å². The van der Waals surface area contributed by atoms with Crippen molar-refractivity contribution in [2.75, 3.05) is 7.11 Å². The lowest BCUT2D eigenvalue weighted by atomic mass is 10.2. The molecule has 0 bridgehead atoms. The lowest BCUT2D eigenvalue weighted by Crippen LogP contribution is -2.02. The number of rotatable bonds is 5. The molecule has 0 atom stereocenters. The highest BCUT2D eigenvalue weighted by Crippen LogP contribution is 2.36. The summed E-state index contributed by atoms with van der Waals surface area (Å²) < 4.78 is 10.6. The fourth-order valence-electron chi connectivity index (χ4n) is 1.44. The number of carbonyl (C=O) groups is 1. The molecule has 0 aliphatic rings. The molecule has 0 spiro atoms. The lowest BCUT2D eigenvalue weighted by Gasteiger charge is -2.12. The standard InChI is InChI=1S/C12H10ClNO4S/c1-17-10-3-7(12(15)16)2-9(13)11(10)18-4-8-5-19-6-14-8/h2-3,5-6H,4H2,1H3,(H,15,16). The van der Waals surface area contributed by atoms with E-state index in [4.69, 9.17) is 26.2 Å². The Labute approximate surface area is 118 Å². The monoisotopic (exact) mass is 299 g/mol. The van der Waals surface area contributed by atoms with Crippen LogP contribution in [0.1, 0.15) is 16.1 Å². The third-order valence-electron chi connectivity index (χ3n) is 2.32. The molecule has 0 saturated heterocycles. The highest BCUT2D eigenvalue weighted by molar-refractivity contribution is 7.07. The first-order valence-electron chi connectivity index (χ1n) is 5.22. The summed E-state index contributed by atoms with van der Waals surface area (Å²) >= 11 is 7.47. The van der Waals surface area contributed by atoms with E-state index in [0.717, 1.165) is 5.69 Å². The number of benzene rings is 1. The van der Waals surface area contributed by atoms with Gasteiger partial charge in [-0.3, -0.25) is 0 Å². The summed E-state index contributed by atoms with van der Waals surface area (Å²) in [6.45, 7) is 0.242. The van der Waals surface area contributed by atoms with Crippen LogP contribution in [0.2, 0.25) is 5.02 Å². The average Bonchev–Trinajstić information content (AvgIpc) is 2.89. The summed E-state index contributed by atoms with van der Waals surface area (Å²) in [5, 5.41) is 11.0. The Morgan fingerprint density at radius 2 is 2.32 bits per heavy atom. The van der Waals surface area contributed by atoms with Crippen molar-refractivity contribution in [3.63, 3.8) is 0 Å². The van der Waals surface area contributed by atoms with Crippen molar-refractivity contribution in [1.29, 1.82) is 0 Å². The number of hydrogen-bond donors (Lipinski definition) is 1. The fourth-order valence-corrected chi connectivity index (χ4v) is 2.25. The predicted molar refractivity (Wildman–Crippen MR) is 71.4 cm³/mol. The summed E-state index contributed by atoms with van der Waals surface area (Å²) in [7, 11) is 1.42. The first-order chi connectivity index (χ1) is 9.11. The molecule has 0 unspecified atom stereocenters. The second-order valence-corrected chi connectivity index (χ2v) is 4.69. The third-order valence-corrected chi connectivity index (χ3v) is 3.24. The molecular formula is C12H10ClNO4S. The second kappa shape index (κ2) is 5.90. The molecule has 2 rings (SSSR count). The van der Waals surface area contributed by atoms with Gasteiger partial charge in [0.05, 0.1) is 28.9 Å². The summed E-state index contributed by atoms with van der Waals surface area (Å²) in [6, 6.07) is 2.69. The number of carboxylic acids is 1. The molecule has 0 aliphatic heterocycles. The van der Waals surface area contributed by atoms with Crippen LogP contribution in [0, 0.1) is 0 Å². The molecule has 7 heteroatoms. The van der Waals surface area contributed by atoms with E-state index in [1.165, 1.54) is 30.6 Å². The molecular weight excluding hydrogens is 290 g/mol. The van der Waals surface area contributed by atoms with E-state index in [-0.39, 0.29) is 22.9 Å². The fraction of sp³-hybridized carbons (Fsp3) is 0.167. The summed E-state index contributed by atoms with van der Waals surface area (Å²) in [5.41, 5.74) is 2.51. The minimum atomic E-state index is -1.08. The molecule has 1 aromatic heterocycles. The smallest absolute Gasteiger partial charge is 0.335 e. The van der Waals surface area contributed by atoms with Crippen molar-refractivity contribution >= 4 is 28.9 Å². The number of aromatic nitrogens is 1. The zero-order valence-electron chi connectivity index (χ0n) is 9.92. The molecule has 1 N–H and O–H groups in total. The maximum Gasteiger partial charge on any atom is 0.335 e. The van der Waals surface area contributed by atoms with E-state index >= 15 is 0 Å². The van der Waals surface area contributed by atoms with Crippen LogP contribution in [-0.4, -0.2) is 23.2 Å². The van der Waals surface area contributed by atoms with Crippen molar-refractivity contribution in [2.24, 2.45) is 0 Å². The maximum atomic E-state index is 10.9. The zero-order valence-corrected chi connectivity index (χ0v) is 11.5. The van der Waals surface area contributed by atoms with Crippen LogP contribution >= 0.6 is 22.9 Å². The Hall–Kier alpha value is -1.79. The number of aromatic carboxylic acids is 1. The molecule has 5 nitrogen and oxygen atoms in total. The third kappa shape index (κ3) is 3.15. The minimum Gasteiger partial charge on any atom is -0.493 e. The van der Waals surface area contributed by atoms with Crippen molar-refractivity contribution in [2.45, 2.75) is 6.61 Å². The van der Waals surface area contributed by atoms with Gasteiger partial charge in [0.15, 0.2) is 11.5 Å². The van der Waals surface area contributed by atoms with Crippen LogP contribution in [0.4, 0.5) is 0 Å². The molecule has 0 aliphatic carbocycles. The number of methoxy groups -OCH3 is 1. The van der Waals surface area contributed by atoms with Gasteiger partial charge in [-0.05, 0) is 12.1 Å². The van der Waals surface area contributed by atoms with Crippen LogP contribution in [0.5, 0.6) is 11.5 Å². The topological polar surface area (TPSA) is 68.7 Å². The highest BCUT2D eigenvalue weighted by atomic mass is 35.5. The van der Waals surface area contributed by atoms with Crippen molar-refractivity contribution < 1.29 is 19.4 Å². The molecule has 1 heterocycles. The Morgan fingerprint density at radius 1 is 1.53 bits per heavy atom. The van der Waals surface area contributed by atoms with Crippen molar-refractivity contribution in [1.82, 2.24) is 4.98 Å². The highest BCUT2D eigenvalue weighted by Gasteiger charge is 2.15. The van der Waals surface area contributed by atoms with Crippen LogP contribution in [0.3, 0.4) is 0 Å². The molecule has 100 valence electrons. The van der Waals surface area contributed by atoms with E-state index in [2.05, 4.69) is 4.98 Å². The molecule has 1 aromatic carbocycles. The number of carboxylic acid groups (broad SMARTS) is 1. The Morgan fingerprint density at radius 3 is 2.89 bits per heavy atom. The molecule has 0 fully saturated rings. The average molecular weight is 300 g/mol. The molecule has 0 radical (unpaired) electrons. The molecule has 2 aromatic rings. The zero-order chi connectivity index (χ0) is 13.8. The van der Waals surface area contributed by atoms with E-state index in [9.17, 15) is 4.79 Å². The van der Waals surface area contributed by atoms with Gasteiger partial charge in [-0.25, -0.2) is 9.78 Å². The van der Waals surface area contributed by atoms with Crippen molar-refractivity contribution in [3.8, 4) is 11.5 Å². The van der Waals surface area contributed by atoms with Gasteiger partial charge in [0.1, 0.15) is 6.61 Å². The summed E-state index contributed by atoms with van der Waals surface area (Å²) in [4.78, 5) is 15.0. The van der Waals surface area contributed by atoms with E-state index in [0.29, 0.717) is 5.75 Å².